The molecule has 1 radical (unpaired) electrons. The number of furan rings is 1. The van der Waals surface area contributed by atoms with Crippen LogP contribution in [0.3, 0.4) is 0 Å². The molecule has 4 heteroatoms. The van der Waals surface area contributed by atoms with E-state index < -0.39 is 0 Å². The Morgan fingerprint density at radius 2 is 1.69 bits per heavy atom. The zero-order valence-electron chi connectivity index (χ0n) is 17.9. The maximum Gasteiger partial charge on any atom is 0.0939 e. The first-order chi connectivity index (χ1) is 15.2. The molecule has 0 saturated carbocycles. The zero-order valence-corrected chi connectivity index (χ0v) is 20.3. The summed E-state index contributed by atoms with van der Waals surface area (Å²) in [6, 6.07) is 28.0. The van der Waals surface area contributed by atoms with Crippen LogP contribution >= 0.6 is 0 Å². The first-order valence-corrected chi connectivity index (χ1v) is 10.0. The number of aromatic nitrogens is 2. The summed E-state index contributed by atoms with van der Waals surface area (Å²) in [4.78, 5) is 8.63. The molecule has 0 aliphatic heterocycles. The Hall–Kier alpha value is -3.33. The smallest absolute Gasteiger partial charge is 0.0939 e. The van der Waals surface area contributed by atoms with Crippen LogP contribution in [0.2, 0.25) is 0 Å². The van der Waals surface area contributed by atoms with Gasteiger partial charge in [0.05, 0.1) is 11.3 Å². The van der Waals surface area contributed by atoms with E-state index in [0.29, 0.717) is 0 Å². The fourth-order valence-electron chi connectivity index (χ4n) is 3.39. The molecule has 0 atom stereocenters. The van der Waals surface area contributed by atoms with Crippen molar-refractivity contribution < 1.29 is 24.5 Å². The van der Waals surface area contributed by atoms with Crippen LogP contribution in [0.5, 0.6) is 0 Å². The van der Waals surface area contributed by atoms with E-state index in [4.69, 9.17) is 4.42 Å². The van der Waals surface area contributed by atoms with Crippen molar-refractivity contribution >= 4 is 17.0 Å². The number of fused-ring (bicyclic) bond motifs is 1. The molecule has 161 valence electrons. The van der Waals surface area contributed by atoms with Crippen LogP contribution in [0.4, 0.5) is 0 Å². The molecular formula is C28H22IrN2O-2. The number of nitrogens with zero attached hydrogens (tertiary/aromatic N) is 2. The average molecular weight is 595 g/mol. The van der Waals surface area contributed by atoms with Crippen molar-refractivity contribution in [2.75, 3.05) is 0 Å². The molecule has 3 heterocycles. The van der Waals surface area contributed by atoms with E-state index in [-0.39, 0.29) is 20.1 Å². The van der Waals surface area contributed by atoms with Crippen molar-refractivity contribution in [3.8, 4) is 22.5 Å². The van der Waals surface area contributed by atoms with Crippen LogP contribution in [0.15, 0.2) is 90.1 Å². The van der Waals surface area contributed by atoms with Crippen LogP contribution < -0.4 is 0 Å². The Bertz CT molecular complexity index is 1270. The normalized spacial score (nSPS) is 10.1. The van der Waals surface area contributed by atoms with Crippen molar-refractivity contribution in [2.45, 2.75) is 13.8 Å². The molecule has 0 unspecified atom stereocenters. The number of pyridine rings is 2. The third-order valence-corrected chi connectivity index (χ3v) is 4.90. The number of aryl methyl sites for hydroxylation is 2. The standard InChI is InChI=1S/C17H14NO.C11H8N.Ir/c1-4-13-12(3)19-17-14(13)6-5-7-15(17)16-10-11(2)8-9-18-16;1-2-6-10(7-3-1)11-8-4-5-9-12-11;/h4-6,8-10H,1H2,2-3H3;1-6,8-9H;/q2*-1;. The quantitative estimate of drug-likeness (QED) is 0.209. The van der Waals surface area contributed by atoms with E-state index in [2.05, 4.69) is 28.7 Å². The van der Waals surface area contributed by atoms with Gasteiger partial charge in [-0.05, 0) is 37.4 Å². The van der Waals surface area contributed by atoms with Crippen molar-refractivity contribution in [3.05, 3.63) is 115 Å². The number of benzene rings is 2. The molecular weight excluding hydrogens is 573 g/mol. The molecule has 5 rings (SSSR count). The van der Waals surface area contributed by atoms with Crippen LogP contribution in [0.25, 0.3) is 39.6 Å². The van der Waals surface area contributed by atoms with Crippen LogP contribution in [-0.2, 0) is 20.1 Å². The van der Waals surface area contributed by atoms with E-state index >= 15 is 0 Å². The second-order valence-corrected chi connectivity index (χ2v) is 7.08. The maximum atomic E-state index is 5.87. The molecule has 0 N–H and O–H groups in total. The largest absolute Gasteiger partial charge is 0.505 e. The molecule has 0 spiro atoms. The van der Waals surface area contributed by atoms with Crippen LogP contribution in [0, 0.1) is 26.0 Å². The molecule has 32 heavy (non-hydrogen) atoms. The molecule has 0 aliphatic rings. The molecule has 2 aromatic carbocycles. The third-order valence-electron chi connectivity index (χ3n) is 4.90. The minimum Gasteiger partial charge on any atom is -0.505 e. The van der Waals surface area contributed by atoms with Crippen molar-refractivity contribution in [1.29, 1.82) is 0 Å². The predicted octanol–water partition coefficient (Wildman–Crippen LogP) is 7.10. The molecule has 3 nitrogen and oxygen atoms in total. The van der Waals surface area contributed by atoms with Gasteiger partial charge in [-0.25, -0.2) is 0 Å². The number of hydrogen-bond acceptors (Lipinski definition) is 3. The van der Waals surface area contributed by atoms with Crippen LogP contribution in [-0.4, -0.2) is 9.97 Å². The Morgan fingerprint density at radius 3 is 2.38 bits per heavy atom. The Morgan fingerprint density at radius 1 is 0.875 bits per heavy atom. The van der Waals surface area contributed by atoms with Gasteiger partial charge in [0.15, 0.2) is 0 Å². The monoisotopic (exact) mass is 595 g/mol. The van der Waals surface area contributed by atoms with E-state index in [0.717, 1.165) is 44.8 Å². The van der Waals surface area contributed by atoms with E-state index in [1.165, 1.54) is 5.56 Å². The van der Waals surface area contributed by atoms with Gasteiger partial charge in [-0.2, -0.15) is 0 Å². The minimum absolute atomic E-state index is 0. The topological polar surface area (TPSA) is 38.9 Å². The second kappa shape index (κ2) is 10.8. The van der Waals surface area contributed by atoms with Gasteiger partial charge in [0.1, 0.15) is 0 Å². The van der Waals surface area contributed by atoms with Crippen LogP contribution in [0.1, 0.15) is 16.9 Å². The summed E-state index contributed by atoms with van der Waals surface area (Å²) < 4.78 is 5.87. The first kappa shape index (κ1) is 23.3. The number of rotatable bonds is 3. The summed E-state index contributed by atoms with van der Waals surface area (Å²) in [5.41, 5.74) is 6.83. The zero-order chi connectivity index (χ0) is 21.6. The molecule has 0 aliphatic carbocycles. The molecule has 5 aromatic rings. The Kier molecular flexibility index (Phi) is 7.88. The fourth-order valence-corrected chi connectivity index (χ4v) is 3.39. The predicted molar refractivity (Wildman–Crippen MR) is 126 cm³/mol. The van der Waals surface area contributed by atoms with Gasteiger partial charge in [0, 0.05) is 38.1 Å². The summed E-state index contributed by atoms with van der Waals surface area (Å²) in [5.74, 6) is 0.874. The molecule has 0 bridgehead atoms. The SMILES string of the molecule is C=Cc1c(C)oc2c(-c3cc(C)ccn3)[c-]ccc12.[Ir].[c-]1ccccc1-c1ccccn1. The Labute approximate surface area is 202 Å². The number of hydrogen-bond donors (Lipinski definition) is 0. The van der Waals surface area contributed by atoms with Gasteiger partial charge in [-0.1, -0.05) is 47.4 Å². The summed E-state index contributed by atoms with van der Waals surface area (Å²) in [5, 5.41) is 1.06. The second-order valence-electron chi connectivity index (χ2n) is 7.08. The van der Waals surface area contributed by atoms with Gasteiger partial charge in [0.25, 0.3) is 0 Å². The molecule has 3 aromatic heterocycles. The van der Waals surface area contributed by atoms with E-state index in [9.17, 15) is 0 Å². The van der Waals surface area contributed by atoms with Gasteiger partial charge >= 0.3 is 0 Å². The van der Waals surface area contributed by atoms with E-state index in [1.807, 2.05) is 92.9 Å². The van der Waals surface area contributed by atoms with Gasteiger partial charge in [-0.15, -0.1) is 54.1 Å². The molecule has 0 amide bonds. The third kappa shape index (κ3) is 5.11. The van der Waals surface area contributed by atoms with Crippen molar-refractivity contribution in [1.82, 2.24) is 9.97 Å². The van der Waals surface area contributed by atoms with Gasteiger partial charge < -0.3 is 14.4 Å². The van der Waals surface area contributed by atoms with E-state index in [1.54, 1.807) is 6.20 Å². The van der Waals surface area contributed by atoms with Crippen molar-refractivity contribution in [3.63, 3.8) is 0 Å². The summed E-state index contributed by atoms with van der Waals surface area (Å²) in [6.45, 7) is 7.84. The first-order valence-electron chi connectivity index (χ1n) is 10.0. The summed E-state index contributed by atoms with van der Waals surface area (Å²) in [7, 11) is 0. The maximum absolute atomic E-state index is 5.87. The minimum atomic E-state index is 0. The van der Waals surface area contributed by atoms with Crippen molar-refractivity contribution in [2.24, 2.45) is 0 Å². The fraction of sp³-hybridized carbons (Fsp3) is 0.0714. The van der Waals surface area contributed by atoms with Gasteiger partial charge in [-0.3, -0.25) is 0 Å². The van der Waals surface area contributed by atoms with Gasteiger partial charge in [0.2, 0.25) is 0 Å². The Balaban J connectivity index is 0.000000193. The molecule has 0 fully saturated rings. The summed E-state index contributed by atoms with van der Waals surface area (Å²) >= 11 is 0. The summed E-state index contributed by atoms with van der Waals surface area (Å²) in [6.07, 6.45) is 5.42. The molecule has 0 saturated heterocycles. The average Bonchev–Trinajstić information content (AvgIpc) is 3.15.